The van der Waals surface area contributed by atoms with E-state index in [1.165, 1.54) is 17.9 Å². The molecule has 0 saturated carbocycles. The van der Waals surface area contributed by atoms with Crippen molar-refractivity contribution in [2.24, 2.45) is 0 Å². The van der Waals surface area contributed by atoms with Crippen LogP contribution >= 0.6 is 23.5 Å². The molecule has 0 saturated heterocycles. The lowest BCUT2D eigenvalue weighted by Crippen LogP contribution is -2.27. The molecule has 0 unspecified atom stereocenters. The van der Waals surface area contributed by atoms with Gasteiger partial charge in [0.25, 0.3) is 0 Å². The molecule has 0 aliphatic rings. The van der Waals surface area contributed by atoms with E-state index < -0.39 is 0 Å². The van der Waals surface area contributed by atoms with Gasteiger partial charge in [-0.15, -0.1) is 5.10 Å². The minimum atomic E-state index is 0.503. The van der Waals surface area contributed by atoms with Gasteiger partial charge < -0.3 is 5.32 Å². The van der Waals surface area contributed by atoms with Crippen LogP contribution in [0, 0.1) is 0 Å². The van der Waals surface area contributed by atoms with Crippen molar-refractivity contribution in [2.75, 3.05) is 23.8 Å². The summed E-state index contributed by atoms with van der Waals surface area (Å²) in [6.07, 6.45) is 1.21. The number of nitrogens with zero attached hydrogens (tertiary/aromatic N) is 4. The van der Waals surface area contributed by atoms with E-state index in [4.69, 9.17) is 0 Å². The first-order valence-corrected chi connectivity index (χ1v) is 8.58. The summed E-state index contributed by atoms with van der Waals surface area (Å²) < 4.78 is 1.88. The zero-order valence-electron chi connectivity index (χ0n) is 11.4. The molecular formula is C11H23N5S2. The van der Waals surface area contributed by atoms with Crippen molar-refractivity contribution in [3.05, 3.63) is 0 Å². The Morgan fingerprint density at radius 2 is 2.17 bits per heavy atom. The maximum Gasteiger partial charge on any atom is 0.209 e. The largest absolute Gasteiger partial charge is 0.313 e. The minimum Gasteiger partial charge on any atom is -0.313 e. The highest BCUT2D eigenvalue weighted by Gasteiger charge is 2.06. The molecule has 0 amide bonds. The van der Waals surface area contributed by atoms with Crippen LogP contribution in [0.1, 0.15) is 27.2 Å². The van der Waals surface area contributed by atoms with Crippen LogP contribution in [0.5, 0.6) is 0 Å². The molecule has 0 aromatic carbocycles. The fraction of sp³-hybridized carbons (Fsp3) is 0.909. The van der Waals surface area contributed by atoms with E-state index in [-0.39, 0.29) is 0 Å². The molecule has 0 aliphatic carbocycles. The van der Waals surface area contributed by atoms with Crippen LogP contribution < -0.4 is 5.32 Å². The van der Waals surface area contributed by atoms with Gasteiger partial charge in [0.05, 0.1) is 6.54 Å². The maximum absolute atomic E-state index is 4.06. The van der Waals surface area contributed by atoms with E-state index in [0.29, 0.717) is 6.04 Å². The summed E-state index contributed by atoms with van der Waals surface area (Å²) in [6.45, 7) is 8.21. The Morgan fingerprint density at radius 1 is 1.33 bits per heavy atom. The topological polar surface area (TPSA) is 55.6 Å². The molecule has 0 radical (unpaired) electrons. The smallest absolute Gasteiger partial charge is 0.209 e. The number of thioether (sulfide) groups is 2. The molecule has 1 N–H and O–H groups in total. The van der Waals surface area contributed by atoms with Gasteiger partial charge in [-0.25, -0.2) is 4.68 Å². The number of tetrazole rings is 1. The van der Waals surface area contributed by atoms with Gasteiger partial charge in [0.2, 0.25) is 5.16 Å². The quantitative estimate of drug-likeness (QED) is 0.524. The Labute approximate surface area is 118 Å². The summed E-state index contributed by atoms with van der Waals surface area (Å²) in [6, 6.07) is 0.503. The third-order valence-corrected chi connectivity index (χ3v) is 4.27. The van der Waals surface area contributed by atoms with E-state index in [9.17, 15) is 0 Å². The van der Waals surface area contributed by atoms with Crippen molar-refractivity contribution < 1.29 is 0 Å². The first kappa shape index (κ1) is 15.8. The third kappa shape index (κ3) is 6.61. The Morgan fingerprint density at radius 3 is 2.89 bits per heavy atom. The Hall–Kier alpha value is -0.270. The molecule has 7 heteroatoms. The summed E-state index contributed by atoms with van der Waals surface area (Å²) in [5.74, 6) is 3.51. The first-order chi connectivity index (χ1) is 8.74. The Kier molecular flexibility index (Phi) is 8.45. The average Bonchev–Trinajstić information content (AvgIpc) is 2.76. The number of hydrogen-bond donors (Lipinski definition) is 1. The lowest BCUT2D eigenvalue weighted by molar-refractivity contribution is 0.485. The fourth-order valence-electron chi connectivity index (χ4n) is 1.37. The lowest BCUT2D eigenvalue weighted by Gasteiger charge is -2.08. The molecule has 0 spiro atoms. The molecule has 1 aromatic rings. The van der Waals surface area contributed by atoms with E-state index in [0.717, 1.165) is 24.0 Å². The lowest BCUT2D eigenvalue weighted by atomic mass is 10.4. The van der Waals surface area contributed by atoms with Crippen molar-refractivity contribution in [1.82, 2.24) is 25.5 Å². The fourth-order valence-corrected chi connectivity index (χ4v) is 3.03. The summed E-state index contributed by atoms with van der Waals surface area (Å²) in [4.78, 5) is 0. The van der Waals surface area contributed by atoms with Crippen LogP contribution in [0.3, 0.4) is 0 Å². The minimum absolute atomic E-state index is 0.503. The molecular weight excluding hydrogens is 266 g/mol. The van der Waals surface area contributed by atoms with Crippen LogP contribution in [-0.4, -0.2) is 50.1 Å². The molecule has 0 atom stereocenters. The van der Waals surface area contributed by atoms with Gasteiger partial charge in [-0.05, 0) is 28.4 Å². The van der Waals surface area contributed by atoms with Gasteiger partial charge >= 0.3 is 0 Å². The van der Waals surface area contributed by atoms with Crippen molar-refractivity contribution in [3.63, 3.8) is 0 Å². The van der Waals surface area contributed by atoms with Gasteiger partial charge in [0.15, 0.2) is 0 Å². The molecule has 104 valence electrons. The van der Waals surface area contributed by atoms with E-state index >= 15 is 0 Å². The highest BCUT2D eigenvalue weighted by Crippen LogP contribution is 2.15. The highest BCUT2D eigenvalue weighted by molar-refractivity contribution is 8.00. The zero-order chi connectivity index (χ0) is 13.2. The summed E-state index contributed by atoms with van der Waals surface area (Å²) in [5, 5.41) is 16.1. The maximum atomic E-state index is 4.06. The summed E-state index contributed by atoms with van der Waals surface area (Å²) >= 11 is 3.73. The van der Waals surface area contributed by atoms with Crippen LogP contribution in [0.25, 0.3) is 0 Å². The van der Waals surface area contributed by atoms with E-state index in [2.05, 4.69) is 41.6 Å². The molecule has 18 heavy (non-hydrogen) atoms. The van der Waals surface area contributed by atoms with Gasteiger partial charge in [0.1, 0.15) is 0 Å². The first-order valence-electron chi connectivity index (χ1n) is 6.44. The number of nitrogens with one attached hydrogen (secondary N) is 1. The second kappa shape index (κ2) is 9.63. The number of hydrogen-bond acceptors (Lipinski definition) is 6. The second-order valence-corrected chi connectivity index (χ2v) is 6.65. The molecule has 0 fully saturated rings. The van der Waals surface area contributed by atoms with Crippen LogP contribution in [0.2, 0.25) is 0 Å². The summed E-state index contributed by atoms with van der Waals surface area (Å²) in [5.41, 5.74) is 0. The Bertz CT molecular complexity index is 316. The third-order valence-electron chi connectivity index (χ3n) is 2.24. The van der Waals surface area contributed by atoms with E-state index in [1.807, 2.05) is 16.4 Å². The van der Waals surface area contributed by atoms with Gasteiger partial charge in [-0.1, -0.05) is 32.5 Å². The number of rotatable bonds is 10. The van der Waals surface area contributed by atoms with Crippen molar-refractivity contribution in [1.29, 1.82) is 0 Å². The SMILES string of the molecule is CCSCCCSc1nnnn1CCNC(C)C. The van der Waals surface area contributed by atoms with Gasteiger partial charge in [-0.3, -0.25) is 0 Å². The van der Waals surface area contributed by atoms with Gasteiger partial charge in [-0.2, -0.15) is 11.8 Å². The zero-order valence-corrected chi connectivity index (χ0v) is 13.1. The highest BCUT2D eigenvalue weighted by atomic mass is 32.2. The predicted molar refractivity (Wildman–Crippen MR) is 79.3 cm³/mol. The predicted octanol–water partition coefficient (Wildman–Crippen LogP) is 1.91. The van der Waals surface area contributed by atoms with Crippen LogP contribution in [-0.2, 0) is 6.54 Å². The summed E-state index contributed by atoms with van der Waals surface area (Å²) in [7, 11) is 0. The van der Waals surface area contributed by atoms with Gasteiger partial charge in [0, 0.05) is 18.3 Å². The van der Waals surface area contributed by atoms with Crippen LogP contribution in [0.15, 0.2) is 5.16 Å². The van der Waals surface area contributed by atoms with Crippen molar-refractivity contribution in [2.45, 2.75) is 44.9 Å². The molecule has 0 bridgehead atoms. The standard InChI is InChI=1S/C11H23N5S2/c1-4-17-8-5-9-18-11-13-14-15-16(11)7-6-12-10(2)3/h10,12H,4-9H2,1-3H3. The Balaban J connectivity index is 2.22. The molecule has 1 heterocycles. The normalized spacial score (nSPS) is 11.3. The average molecular weight is 289 g/mol. The molecule has 1 rings (SSSR count). The monoisotopic (exact) mass is 289 g/mol. The molecule has 0 aliphatic heterocycles. The number of aromatic nitrogens is 4. The van der Waals surface area contributed by atoms with Crippen molar-refractivity contribution >= 4 is 23.5 Å². The molecule has 5 nitrogen and oxygen atoms in total. The van der Waals surface area contributed by atoms with E-state index in [1.54, 1.807) is 11.8 Å². The van der Waals surface area contributed by atoms with Crippen LogP contribution in [0.4, 0.5) is 0 Å². The molecule has 1 aromatic heterocycles. The second-order valence-electron chi connectivity index (χ2n) is 4.19. The van der Waals surface area contributed by atoms with Crippen molar-refractivity contribution in [3.8, 4) is 0 Å².